The zero-order valence-electron chi connectivity index (χ0n) is 12.8. The third kappa shape index (κ3) is 4.80. The fourth-order valence-electron chi connectivity index (χ4n) is 2.42. The van der Waals surface area contributed by atoms with Gasteiger partial charge in [0.1, 0.15) is 0 Å². The molecule has 0 aliphatic rings. The molecular formula is C16H23ClF3N. The topological polar surface area (TPSA) is 3.24 Å². The molecule has 0 saturated heterocycles. The number of anilines is 1. The van der Waals surface area contributed by atoms with Crippen LogP contribution in [0.15, 0.2) is 18.2 Å². The van der Waals surface area contributed by atoms with Gasteiger partial charge in [-0.2, -0.15) is 13.2 Å². The highest BCUT2D eigenvalue weighted by Gasteiger charge is 2.33. The predicted molar refractivity (Wildman–Crippen MR) is 83.0 cm³/mol. The minimum Gasteiger partial charge on any atom is -0.372 e. The third-order valence-corrected chi connectivity index (χ3v) is 4.21. The van der Waals surface area contributed by atoms with Crippen molar-refractivity contribution in [2.75, 3.05) is 18.0 Å². The normalized spacial score (nSPS) is 12.0. The molecule has 0 fully saturated rings. The van der Waals surface area contributed by atoms with Gasteiger partial charge in [0, 0.05) is 24.7 Å². The first-order valence-corrected chi connectivity index (χ1v) is 7.91. The first kappa shape index (κ1) is 18.1. The van der Waals surface area contributed by atoms with Crippen molar-refractivity contribution in [1.82, 2.24) is 0 Å². The van der Waals surface area contributed by atoms with Gasteiger partial charge in [-0.25, -0.2) is 0 Å². The standard InChI is InChI=1S/C16H23ClF3N/c1-4-12(5-2)11-21(6-3)14-8-7-13(10-17)15(9-14)16(18,19)20/h7-9,12H,4-6,10-11H2,1-3H3. The van der Waals surface area contributed by atoms with E-state index in [0.717, 1.165) is 19.4 Å². The van der Waals surface area contributed by atoms with E-state index in [1.165, 1.54) is 12.1 Å². The molecule has 1 rings (SSSR count). The van der Waals surface area contributed by atoms with Gasteiger partial charge < -0.3 is 4.90 Å². The number of hydrogen-bond acceptors (Lipinski definition) is 1. The lowest BCUT2D eigenvalue weighted by molar-refractivity contribution is -0.138. The second kappa shape index (κ2) is 7.92. The molecule has 21 heavy (non-hydrogen) atoms. The van der Waals surface area contributed by atoms with Crippen LogP contribution in [0, 0.1) is 5.92 Å². The van der Waals surface area contributed by atoms with Gasteiger partial charge in [-0.3, -0.25) is 0 Å². The maximum absolute atomic E-state index is 13.1. The summed E-state index contributed by atoms with van der Waals surface area (Å²) in [4.78, 5) is 2.00. The van der Waals surface area contributed by atoms with E-state index in [1.54, 1.807) is 6.07 Å². The summed E-state index contributed by atoms with van der Waals surface area (Å²) < 4.78 is 39.3. The maximum Gasteiger partial charge on any atom is 0.416 e. The fourth-order valence-corrected chi connectivity index (χ4v) is 2.65. The summed E-state index contributed by atoms with van der Waals surface area (Å²) in [6.07, 6.45) is -2.31. The molecule has 120 valence electrons. The van der Waals surface area contributed by atoms with Crippen LogP contribution in [0.4, 0.5) is 18.9 Å². The molecule has 1 aromatic rings. The van der Waals surface area contributed by atoms with Crippen molar-refractivity contribution in [3.05, 3.63) is 29.3 Å². The average molecular weight is 322 g/mol. The molecule has 0 aromatic heterocycles. The molecule has 1 nitrogen and oxygen atoms in total. The summed E-state index contributed by atoms with van der Waals surface area (Å²) in [5, 5.41) is 0. The Balaban J connectivity index is 3.11. The molecule has 0 heterocycles. The minimum absolute atomic E-state index is 0.131. The number of alkyl halides is 4. The number of nitrogens with zero attached hydrogens (tertiary/aromatic N) is 1. The molecule has 0 aliphatic carbocycles. The number of halogens is 4. The lowest BCUT2D eigenvalue weighted by atomic mass is 10.0. The largest absolute Gasteiger partial charge is 0.416 e. The predicted octanol–water partition coefficient (Wildman–Crippen LogP) is 5.71. The van der Waals surface area contributed by atoms with Crippen LogP contribution in [0.5, 0.6) is 0 Å². The average Bonchev–Trinajstić information content (AvgIpc) is 2.47. The van der Waals surface area contributed by atoms with Gasteiger partial charge >= 0.3 is 6.18 Å². The Morgan fingerprint density at radius 1 is 1.14 bits per heavy atom. The van der Waals surface area contributed by atoms with E-state index in [9.17, 15) is 13.2 Å². The highest BCUT2D eigenvalue weighted by molar-refractivity contribution is 6.17. The third-order valence-electron chi connectivity index (χ3n) is 3.92. The van der Waals surface area contributed by atoms with Gasteiger partial charge in [0.25, 0.3) is 0 Å². The molecule has 0 amide bonds. The molecule has 0 spiro atoms. The van der Waals surface area contributed by atoms with E-state index >= 15 is 0 Å². The summed E-state index contributed by atoms with van der Waals surface area (Å²) >= 11 is 5.62. The molecule has 0 atom stereocenters. The molecule has 0 aliphatic heterocycles. The zero-order chi connectivity index (χ0) is 16.0. The van der Waals surface area contributed by atoms with Crippen LogP contribution >= 0.6 is 11.6 Å². The van der Waals surface area contributed by atoms with E-state index in [2.05, 4.69) is 13.8 Å². The zero-order valence-corrected chi connectivity index (χ0v) is 13.6. The van der Waals surface area contributed by atoms with Gasteiger partial charge in [0.05, 0.1) is 5.56 Å². The second-order valence-electron chi connectivity index (χ2n) is 5.19. The van der Waals surface area contributed by atoms with Crippen LogP contribution in [0.3, 0.4) is 0 Å². The monoisotopic (exact) mass is 321 g/mol. The SMILES string of the molecule is CCC(CC)CN(CC)c1ccc(CCl)c(C(F)(F)F)c1. The quantitative estimate of drug-likeness (QED) is 0.582. The van der Waals surface area contributed by atoms with Crippen molar-refractivity contribution in [2.24, 2.45) is 5.92 Å². The summed E-state index contributed by atoms with van der Waals surface area (Å²) in [6, 6.07) is 4.45. The highest BCUT2D eigenvalue weighted by atomic mass is 35.5. The van der Waals surface area contributed by atoms with Crippen molar-refractivity contribution in [3.63, 3.8) is 0 Å². The van der Waals surface area contributed by atoms with E-state index in [4.69, 9.17) is 11.6 Å². The lowest BCUT2D eigenvalue weighted by Gasteiger charge is -2.28. The Morgan fingerprint density at radius 3 is 2.19 bits per heavy atom. The Labute approximate surface area is 130 Å². The maximum atomic E-state index is 13.1. The molecule has 1 aromatic carbocycles. The molecule has 0 saturated carbocycles. The Morgan fingerprint density at radius 2 is 1.76 bits per heavy atom. The number of hydrogen-bond donors (Lipinski definition) is 0. The van der Waals surface area contributed by atoms with Gasteiger partial charge in [-0.1, -0.05) is 32.8 Å². The van der Waals surface area contributed by atoms with E-state index < -0.39 is 11.7 Å². The Bertz CT molecular complexity index is 442. The smallest absolute Gasteiger partial charge is 0.372 e. The van der Waals surface area contributed by atoms with Gasteiger partial charge in [-0.05, 0) is 30.5 Å². The molecular weight excluding hydrogens is 299 g/mol. The Hall–Kier alpha value is -0.900. The van der Waals surface area contributed by atoms with Crippen LogP contribution < -0.4 is 4.90 Å². The van der Waals surface area contributed by atoms with Crippen LogP contribution in [0.2, 0.25) is 0 Å². The molecule has 0 N–H and O–H groups in total. The van der Waals surface area contributed by atoms with Crippen molar-refractivity contribution >= 4 is 17.3 Å². The first-order chi connectivity index (χ1) is 9.87. The van der Waals surface area contributed by atoms with Gasteiger partial charge in [-0.15, -0.1) is 11.6 Å². The second-order valence-corrected chi connectivity index (χ2v) is 5.46. The summed E-state index contributed by atoms with van der Waals surface area (Å²) in [7, 11) is 0. The number of benzene rings is 1. The van der Waals surface area contributed by atoms with Crippen LogP contribution in [0.25, 0.3) is 0 Å². The van der Waals surface area contributed by atoms with Crippen LogP contribution in [-0.4, -0.2) is 13.1 Å². The first-order valence-electron chi connectivity index (χ1n) is 7.38. The fraction of sp³-hybridized carbons (Fsp3) is 0.625. The van der Waals surface area contributed by atoms with Crippen LogP contribution in [-0.2, 0) is 12.1 Å². The Kier molecular flexibility index (Phi) is 6.85. The van der Waals surface area contributed by atoms with Crippen LogP contribution in [0.1, 0.15) is 44.7 Å². The van der Waals surface area contributed by atoms with Crippen molar-refractivity contribution in [1.29, 1.82) is 0 Å². The molecule has 5 heteroatoms. The van der Waals surface area contributed by atoms with Crippen molar-refractivity contribution in [2.45, 2.75) is 45.7 Å². The summed E-state index contributed by atoms with van der Waals surface area (Å²) in [6.45, 7) is 7.65. The van der Waals surface area contributed by atoms with E-state index in [-0.39, 0.29) is 11.4 Å². The van der Waals surface area contributed by atoms with E-state index in [1.807, 2.05) is 11.8 Å². The summed E-state index contributed by atoms with van der Waals surface area (Å²) in [5.41, 5.74) is 0.120. The van der Waals surface area contributed by atoms with Gasteiger partial charge in [0.2, 0.25) is 0 Å². The molecule has 0 unspecified atom stereocenters. The minimum atomic E-state index is -4.37. The number of rotatable bonds is 7. The van der Waals surface area contributed by atoms with E-state index in [0.29, 0.717) is 18.2 Å². The lowest BCUT2D eigenvalue weighted by Crippen LogP contribution is -2.29. The van der Waals surface area contributed by atoms with Crippen molar-refractivity contribution < 1.29 is 13.2 Å². The van der Waals surface area contributed by atoms with Crippen molar-refractivity contribution in [3.8, 4) is 0 Å². The molecule has 0 bridgehead atoms. The van der Waals surface area contributed by atoms with Gasteiger partial charge in [0.15, 0.2) is 0 Å². The highest BCUT2D eigenvalue weighted by Crippen LogP contribution is 2.35. The molecule has 0 radical (unpaired) electrons. The summed E-state index contributed by atoms with van der Waals surface area (Å²) in [5.74, 6) is 0.361.